The van der Waals surface area contributed by atoms with Crippen LogP contribution < -0.4 is 10.2 Å². The van der Waals surface area contributed by atoms with Gasteiger partial charge in [-0.15, -0.1) is 0 Å². The Morgan fingerprint density at radius 2 is 1.95 bits per heavy atom. The number of anilines is 1. The Morgan fingerprint density at radius 1 is 1.11 bits per heavy atom. The first-order valence-electron chi connectivity index (χ1n) is 13.2. The molecule has 0 aliphatic carbocycles. The predicted octanol–water partition coefficient (Wildman–Crippen LogP) is 4.94. The molecule has 192 valence electrons. The van der Waals surface area contributed by atoms with Crippen LogP contribution in [0.3, 0.4) is 0 Å². The minimum atomic E-state index is -0.227. The van der Waals surface area contributed by atoms with E-state index in [0.29, 0.717) is 11.8 Å². The summed E-state index contributed by atoms with van der Waals surface area (Å²) in [5.74, 6) is 1.67. The van der Waals surface area contributed by atoms with Crippen molar-refractivity contribution in [3.8, 4) is 28.3 Å². The number of aliphatic hydroxyl groups is 1. The first-order valence-corrected chi connectivity index (χ1v) is 13.2. The third-order valence-electron chi connectivity index (χ3n) is 7.93. The first kappa shape index (κ1) is 23.9. The molecule has 2 aromatic carbocycles. The molecule has 4 heterocycles. The summed E-state index contributed by atoms with van der Waals surface area (Å²) in [6.07, 6.45) is 7.17. The fourth-order valence-electron chi connectivity index (χ4n) is 5.69. The van der Waals surface area contributed by atoms with Gasteiger partial charge in [0.1, 0.15) is 5.82 Å². The Morgan fingerprint density at radius 3 is 2.73 bits per heavy atom. The predicted molar refractivity (Wildman–Crippen MR) is 146 cm³/mol. The van der Waals surface area contributed by atoms with E-state index in [4.69, 9.17) is 0 Å². The highest BCUT2D eigenvalue weighted by Crippen LogP contribution is 2.36. The first-order chi connectivity index (χ1) is 18.0. The number of halogens is 1. The highest BCUT2D eigenvalue weighted by molar-refractivity contribution is 5.72. The van der Waals surface area contributed by atoms with Crippen LogP contribution in [0.25, 0.3) is 28.3 Å². The number of aliphatic hydroxyl groups excluding tert-OH is 1. The molecule has 0 bridgehead atoms. The van der Waals surface area contributed by atoms with Crippen molar-refractivity contribution in [2.24, 2.45) is 11.8 Å². The Hall–Kier alpha value is -3.42. The van der Waals surface area contributed by atoms with Gasteiger partial charge in [0.2, 0.25) is 0 Å². The van der Waals surface area contributed by atoms with Crippen molar-refractivity contribution in [1.29, 1.82) is 0 Å². The Kier molecular flexibility index (Phi) is 6.34. The van der Waals surface area contributed by atoms with Gasteiger partial charge in [0, 0.05) is 62.1 Å². The molecule has 0 saturated carbocycles. The maximum Gasteiger partial charge on any atom is 0.161 e. The van der Waals surface area contributed by atoms with E-state index in [2.05, 4.69) is 68.6 Å². The minimum Gasteiger partial charge on any atom is -0.395 e. The molecular formula is C30H34FN5O. The van der Waals surface area contributed by atoms with Crippen LogP contribution in [0.4, 0.5) is 10.1 Å². The monoisotopic (exact) mass is 499 g/mol. The lowest BCUT2D eigenvalue weighted by Crippen LogP contribution is -2.40. The zero-order valence-electron chi connectivity index (χ0n) is 21.4. The number of imidazole rings is 1. The maximum atomic E-state index is 13.5. The normalized spacial score (nSPS) is 17.4. The van der Waals surface area contributed by atoms with Gasteiger partial charge in [0.05, 0.1) is 18.0 Å². The lowest BCUT2D eigenvalue weighted by atomic mass is 10.0. The molecule has 0 radical (unpaired) electrons. The molecule has 7 heteroatoms. The van der Waals surface area contributed by atoms with Crippen LogP contribution in [0.2, 0.25) is 0 Å². The smallest absolute Gasteiger partial charge is 0.161 e. The highest BCUT2D eigenvalue weighted by atomic mass is 19.1. The van der Waals surface area contributed by atoms with Gasteiger partial charge >= 0.3 is 0 Å². The number of nitrogens with one attached hydrogen (secondary N) is 1. The SMILES string of the molecule is CC(C)[C@@H](CO)NC[C@H]1CCN(c2ccc3c(c2)Cn2cc(-c4ccc(F)cc4)cc2-c2nccn2-3)C1. The molecule has 1 fully saturated rings. The van der Waals surface area contributed by atoms with E-state index < -0.39 is 0 Å². The van der Waals surface area contributed by atoms with Crippen LogP contribution >= 0.6 is 0 Å². The average molecular weight is 500 g/mol. The molecule has 2 aliphatic rings. The zero-order valence-corrected chi connectivity index (χ0v) is 21.4. The molecule has 0 unspecified atom stereocenters. The molecule has 2 aliphatic heterocycles. The van der Waals surface area contributed by atoms with E-state index in [0.717, 1.165) is 60.9 Å². The second kappa shape index (κ2) is 9.80. The van der Waals surface area contributed by atoms with Gasteiger partial charge in [0.25, 0.3) is 0 Å². The summed E-state index contributed by atoms with van der Waals surface area (Å²) in [5, 5.41) is 13.2. The van der Waals surface area contributed by atoms with Gasteiger partial charge in [-0.2, -0.15) is 0 Å². The average Bonchev–Trinajstić information content (AvgIpc) is 3.63. The summed E-state index contributed by atoms with van der Waals surface area (Å²) in [5.41, 5.74) is 6.76. The lowest BCUT2D eigenvalue weighted by Gasteiger charge is -2.23. The standard InChI is InChI=1S/C30H34FN5O/c1-20(2)27(19-37)33-15-21-9-11-34(16-21)26-7-8-28-24(13-26)18-35-17-23(22-3-5-25(31)6-4-22)14-29(35)30-32-10-12-36(28)30/h3-8,10,12-14,17,20-21,27,33,37H,9,11,15-16,18-19H2,1-2H3/t21-,27-/m1/s1. The fourth-order valence-corrected chi connectivity index (χ4v) is 5.69. The Labute approximate surface area is 217 Å². The molecule has 6 rings (SSSR count). The largest absolute Gasteiger partial charge is 0.395 e. The minimum absolute atomic E-state index is 0.154. The molecule has 2 aromatic heterocycles. The number of hydrogen-bond donors (Lipinski definition) is 2. The van der Waals surface area contributed by atoms with Crippen molar-refractivity contribution >= 4 is 5.69 Å². The third-order valence-corrected chi connectivity index (χ3v) is 7.93. The van der Waals surface area contributed by atoms with Crippen LogP contribution in [-0.4, -0.2) is 51.5 Å². The summed E-state index contributed by atoms with van der Waals surface area (Å²) >= 11 is 0. The van der Waals surface area contributed by atoms with Gasteiger partial charge in [-0.25, -0.2) is 9.37 Å². The maximum absolute atomic E-state index is 13.5. The van der Waals surface area contributed by atoms with E-state index in [1.807, 2.05) is 24.5 Å². The van der Waals surface area contributed by atoms with Crippen molar-refractivity contribution < 1.29 is 9.50 Å². The fraction of sp³-hybridized carbons (Fsp3) is 0.367. The molecule has 1 saturated heterocycles. The van der Waals surface area contributed by atoms with Gasteiger partial charge < -0.3 is 19.9 Å². The Bertz CT molecular complexity index is 1390. The summed E-state index contributed by atoms with van der Waals surface area (Å²) in [7, 11) is 0. The van der Waals surface area contributed by atoms with Gasteiger partial charge in [0.15, 0.2) is 5.82 Å². The number of nitrogens with zero attached hydrogens (tertiary/aromatic N) is 4. The second-order valence-corrected chi connectivity index (χ2v) is 10.7. The number of fused-ring (bicyclic) bond motifs is 5. The van der Waals surface area contributed by atoms with Gasteiger partial charge in [-0.05, 0) is 65.8 Å². The van der Waals surface area contributed by atoms with E-state index >= 15 is 0 Å². The number of hydrogen-bond acceptors (Lipinski definition) is 4. The van der Waals surface area contributed by atoms with Crippen LogP contribution in [-0.2, 0) is 6.54 Å². The van der Waals surface area contributed by atoms with E-state index in [-0.39, 0.29) is 18.5 Å². The summed E-state index contributed by atoms with van der Waals surface area (Å²) in [6.45, 7) is 8.21. The molecule has 6 nitrogen and oxygen atoms in total. The quantitative estimate of drug-likeness (QED) is 0.333. The molecule has 4 aromatic rings. The molecule has 37 heavy (non-hydrogen) atoms. The number of aromatic nitrogens is 3. The van der Waals surface area contributed by atoms with Crippen LogP contribution in [0.1, 0.15) is 25.8 Å². The van der Waals surface area contributed by atoms with Crippen molar-refractivity contribution in [2.75, 3.05) is 31.1 Å². The summed E-state index contributed by atoms with van der Waals surface area (Å²) < 4.78 is 17.9. The molecule has 0 spiro atoms. The van der Waals surface area contributed by atoms with Crippen molar-refractivity contribution in [3.63, 3.8) is 0 Å². The molecule has 2 N–H and O–H groups in total. The molecule has 2 atom stereocenters. The molecule has 0 amide bonds. The summed E-state index contributed by atoms with van der Waals surface area (Å²) in [4.78, 5) is 7.17. The van der Waals surface area contributed by atoms with Gasteiger partial charge in [-0.1, -0.05) is 26.0 Å². The number of rotatable bonds is 7. The second-order valence-electron chi connectivity index (χ2n) is 10.7. The lowest BCUT2D eigenvalue weighted by molar-refractivity contribution is 0.206. The van der Waals surface area contributed by atoms with Crippen molar-refractivity contribution in [3.05, 3.63) is 78.5 Å². The third kappa shape index (κ3) is 4.58. The van der Waals surface area contributed by atoms with Crippen LogP contribution in [0.15, 0.2) is 67.1 Å². The van der Waals surface area contributed by atoms with Gasteiger partial charge in [-0.3, -0.25) is 4.57 Å². The topological polar surface area (TPSA) is 58.2 Å². The van der Waals surface area contributed by atoms with Crippen LogP contribution in [0, 0.1) is 17.7 Å². The van der Waals surface area contributed by atoms with Crippen molar-refractivity contribution in [1.82, 2.24) is 19.4 Å². The number of benzene rings is 2. The van der Waals surface area contributed by atoms with Crippen molar-refractivity contribution in [2.45, 2.75) is 32.9 Å². The zero-order chi connectivity index (χ0) is 25.5. The summed E-state index contributed by atoms with van der Waals surface area (Å²) in [6, 6.07) is 15.7. The van der Waals surface area contributed by atoms with E-state index in [9.17, 15) is 9.50 Å². The van der Waals surface area contributed by atoms with E-state index in [1.165, 1.54) is 23.4 Å². The van der Waals surface area contributed by atoms with E-state index in [1.54, 1.807) is 0 Å². The molecular weight excluding hydrogens is 465 g/mol. The Balaban J connectivity index is 1.26. The van der Waals surface area contributed by atoms with Crippen LogP contribution in [0.5, 0.6) is 0 Å². The highest BCUT2D eigenvalue weighted by Gasteiger charge is 2.26.